The molecule has 0 saturated carbocycles. The van der Waals surface area contributed by atoms with E-state index in [2.05, 4.69) is 46.0 Å². The highest BCUT2D eigenvalue weighted by Crippen LogP contribution is 2.33. The molecule has 2 rings (SSSR count). The van der Waals surface area contributed by atoms with Crippen LogP contribution in [0.1, 0.15) is 38.7 Å². The van der Waals surface area contributed by atoms with Crippen molar-refractivity contribution in [3.63, 3.8) is 0 Å². The van der Waals surface area contributed by atoms with E-state index >= 15 is 0 Å². The summed E-state index contributed by atoms with van der Waals surface area (Å²) in [4.78, 5) is 17.2. The minimum Gasteiger partial charge on any atom is -0.370 e. The first kappa shape index (κ1) is 14.7. The third-order valence-corrected chi connectivity index (χ3v) is 3.61. The fourth-order valence-electron chi connectivity index (χ4n) is 1.79. The van der Waals surface area contributed by atoms with E-state index in [1.165, 1.54) is 11.8 Å². The zero-order chi connectivity index (χ0) is 14.4. The maximum absolute atomic E-state index is 4.40. The van der Waals surface area contributed by atoms with Crippen LogP contribution in [0.3, 0.4) is 0 Å². The lowest BCUT2D eigenvalue weighted by Gasteiger charge is -2.15. The second-order valence-electron chi connectivity index (χ2n) is 4.66. The molecule has 0 bridgehead atoms. The van der Waals surface area contributed by atoms with Crippen LogP contribution >= 0.6 is 11.8 Å². The van der Waals surface area contributed by atoms with Crippen LogP contribution < -0.4 is 5.32 Å². The molecule has 2 aromatic rings. The molecular formula is C14H19N5S. The third kappa shape index (κ3) is 3.66. The molecule has 106 valence electrons. The molecule has 0 atom stereocenters. The van der Waals surface area contributed by atoms with Gasteiger partial charge in [-0.1, -0.05) is 20.8 Å². The minimum absolute atomic E-state index is 0.335. The van der Waals surface area contributed by atoms with E-state index in [9.17, 15) is 0 Å². The Bertz CT molecular complexity index is 545. The molecule has 2 aromatic heterocycles. The van der Waals surface area contributed by atoms with Crippen molar-refractivity contribution < 1.29 is 0 Å². The summed E-state index contributed by atoms with van der Waals surface area (Å²) in [5, 5.41) is 4.98. The molecule has 0 unspecified atom stereocenters. The standard InChI is InChI=1S/C14H19N5S/c1-4-6-15-12-11(10(2)3)13(19-9-18-12)20-14-16-7-5-8-17-14/h5,7-10H,4,6H2,1-3H3,(H,15,18,19). The highest BCUT2D eigenvalue weighted by molar-refractivity contribution is 7.99. The number of nitrogens with one attached hydrogen (secondary N) is 1. The molecule has 5 nitrogen and oxygen atoms in total. The van der Waals surface area contributed by atoms with E-state index < -0.39 is 0 Å². The number of nitrogens with zero attached hydrogens (tertiary/aromatic N) is 4. The van der Waals surface area contributed by atoms with Gasteiger partial charge in [0.05, 0.1) is 0 Å². The van der Waals surface area contributed by atoms with Gasteiger partial charge in [0.15, 0.2) is 5.16 Å². The predicted octanol–water partition coefficient (Wildman–Crippen LogP) is 3.36. The minimum atomic E-state index is 0.335. The molecule has 2 heterocycles. The quantitative estimate of drug-likeness (QED) is 0.650. The van der Waals surface area contributed by atoms with E-state index in [4.69, 9.17) is 0 Å². The summed E-state index contributed by atoms with van der Waals surface area (Å²) in [5.41, 5.74) is 1.12. The van der Waals surface area contributed by atoms with Gasteiger partial charge in [-0.2, -0.15) is 0 Å². The van der Waals surface area contributed by atoms with E-state index in [0.717, 1.165) is 29.4 Å². The van der Waals surface area contributed by atoms with Crippen LogP contribution in [0.4, 0.5) is 5.82 Å². The Morgan fingerprint density at radius 1 is 1.15 bits per heavy atom. The first-order valence-electron chi connectivity index (χ1n) is 6.76. The fourth-order valence-corrected chi connectivity index (χ4v) is 2.73. The lowest BCUT2D eigenvalue weighted by molar-refractivity contribution is 0.797. The fraction of sp³-hybridized carbons (Fsp3) is 0.429. The molecule has 0 saturated heterocycles. The highest BCUT2D eigenvalue weighted by atomic mass is 32.2. The number of aromatic nitrogens is 4. The van der Waals surface area contributed by atoms with Crippen LogP contribution in [0.5, 0.6) is 0 Å². The maximum Gasteiger partial charge on any atom is 0.193 e. The summed E-state index contributed by atoms with van der Waals surface area (Å²) < 4.78 is 0. The van der Waals surface area contributed by atoms with Gasteiger partial charge in [-0.15, -0.1) is 0 Å². The first-order chi connectivity index (χ1) is 9.72. The number of anilines is 1. The molecule has 0 aliphatic heterocycles. The Morgan fingerprint density at radius 3 is 2.55 bits per heavy atom. The van der Waals surface area contributed by atoms with Gasteiger partial charge in [0.1, 0.15) is 17.2 Å². The lowest BCUT2D eigenvalue weighted by Crippen LogP contribution is -2.08. The number of hydrogen-bond acceptors (Lipinski definition) is 6. The first-order valence-corrected chi connectivity index (χ1v) is 7.57. The molecule has 0 aliphatic rings. The van der Waals surface area contributed by atoms with Crippen molar-refractivity contribution in [2.75, 3.05) is 11.9 Å². The molecule has 20 heavy (non-hydrogen) atoms. The van der Waals surface area contributed by atoms with Crippen molar-refractivity contribution in [3.8, 4) is 0 Å². The SMILES string of the molecule is CCCNc1ncnc(Sc2ncccn2)c1C(C)C. The zero-order valence-corrected chi connectivity index (χ0v) is 12.8. The second-order valence-corrected chi connectivity index (χ2v) is 5.61. The van der Waals surface area contributed by atoms with Crippen molar-refractivity contribution in [1.29, 1.82) is 0 Å². The van der Waals surface area contributed by atoms with Gasteiger partial charge in [-0.3, -0.25) is 0 Å². The summed E-state index contributed by atoms with van der Waals surface area (Å²) in [7, 11) is 0. The third-order valence-electron chi connectivity index (χ3n) is 2.70. The van der Waals surface area contributed by atoms with Gasteiger partial charge in [0.25, 0.3) is 0 Å². The summed E-state index contributed by atoms with van der Waals surface area (Å²) in [6, 6.07) is 1.81. The van der Waals surface area contributed by atoms with Gasteiger partial charge in [-0.05, 0) is 30.2 Å². The van der Waals surface area contributed by atoms with Gasteiger partial charge in [0, 0.05) is 24.5 Å². The van der Waals surface area contributed by atoms with Crippen molar-refractivity contribution in [1.82, 2.24) is 19.9 Å². The molecule has 1 N–H and O–H groups in total. The molecule has 6 heteroatoms. The Balaban J connectivity index is 2.32. The average molecular weight is 289 g/mol. The molecule has 0 fully saturated rings. The van der Waals surface area contributed by atoms with Crippen molar-refractivity contribution in [2.45, 2.75) is 43.3 Å². The Hall–Kier alpha value is -1.69. The second kappa shape index (κ2) is 7.19. The van der Waals surface area contributed by atoms with Crippen LogP contribution in [0, 0.1) is 0 Å². The molecule has 0 aromatic carbocycles. The largest absolute Gasteiger partial charge is 0.370 e. The topological polar surface area (TPSA) is 63.6 Å². The lowest BCUT2D eigenvalue weighted by atomic mass is 10.1. The molecule has 0 radical (unpaired) electrons. The predicted molar refractivity (Wildman–Crippen MR) is 81.1 cm³/mol. The van der Waals surface area contributed by atoms with Crippen LogP contribution in [-0.4, -0.2) is 26.5 Å². The van der Waals surface area contributed by atoms with E-state index in [1.54, 1.807) is 18.7 Å². The average Bonchev–Trinajstić information content (AvgIpc) is 2.46. The molecule has 0 aliphatic carbocycles. The summed E-state index contributed by atoms with van der Waals surface area (Å²) >= 11 is 1.48. The van der Waals surface area contributed by atoms with E-state index in [1.807, 2.05) is 6.07 Å². The van der Waals surface area contributed by atoms with E-state index in [-0.39, 0.29) is 0 Å². The number of rotatable bonds is 6. The van der Waals surface area contributed by atoms with Crippen LogP contribution in [0.2, 0.25) is 0 Å². The Kier molecular flexibility index (Phi) is 5.29. The molecule has 0 spiro atoms. The highest BCUT2D eigenvalue weighted by Gasteiger charge is 2.16. The van der Waals surface area contributed by atoms with Crippen LogP contribution in [0.15, 0.2) is 35.0 Å². The Morgan fingerprint density at radius 2 is 1.90 bits per heavy atom. The summed E-state index contributed by atoms with van der Waals surface area (Å²) in [6.07, 6.45) is 6.13. The van der Waals surface area contributed by atoms with Crippen molar-refractivity contribution in [2.24, 2.45) is 0 Å². The van der Waals surface area contributed by atoms with Crippen LogP contribution in [-0.2, 0) is 0 Å². The normalized spacial score (nSPS) is 10.8. The maximum atomic E-state index is 4.40. The summed E-state index contributed by atoms with van der Waals surface area (Å²) in [6.45, 7) is 7.33. The van der Waals surface area contributed by atoms with Crippen LogP contribution in [0.25, 0.3) is 0 Å². The van der Waals surface area contributed by atoms with Gasteiger partial charge in [-0.25, -0.2) is 19.9 Å². The van der Waals surface area contributed by atoms with Crippen molar-refractivity contribution >= 4 is 17.6 Å². The zero-order valence-electron chi connectivity index (χ0n) is 12.0. The number of hydrogen-bond donors (Lipinski definition) is 1. The van der Waals surface area contributed by atoms with Crippen molar-refractivity contribution in [3.05, 3.63) is 30.4 Å². The van der Waals surface area contributed by atoms with Gasteiger partial charge < -0.3 is 5.32 Å². The van der Waals surface area contributed by atoms with Gasteiger partial charge in [0.2, 0.25) is 0 Å². The Labute approximate surface area is 123 Å². The summed E-state index contributed by atoms with van der Waals surface area (Å²) in [5.74, 6) is 1.25. The van der Waals surface area contributed by atoms with Gasteiger partial charge >= 0.3 is 0 Å². The molecular weight excluding hydrogens is 270 g/mol. The van der Waals surface area contributed by atoms with E-state index in [0.29, 0.717) is 11.1 Å². The molecule has 0 amide bonds. The smallest absolute Gasteiger partial charge is 0.193 e. The monoisotopic (exact) mass is 289 g/mol.